The van der Waals surface area contributed by atoms with E-state index in [4.69, 9.17) is 29.3 Å². The van der Waals surface area contributed by atoms with Gasteiger partial charge in [0, 0.05) is 11.9 Å². The Morgan fingerprint density at radius 1 is 1.56 bits per heavy atom. The summed E-state index contributed by atoms with van der Waals surface area (Å²) in [5.41, 5.74) is 0. The number of rotatable bonds is 0. The molecule has 2 radical (unpaired) electrons. The normalized spacial score (nSPS) is 63.6. The van der Waals surface area contributed by atoms with Gasteiger partial charge in [0.25, 0.3) is 0 Å². The van der Waals surface area contributed by atoms with E-state index in [1.165, 1.54) is 0 Å². The second-order valence-electron chi connectivity index (χ2n) is 2.58. The number of halogens is 1. The summed E-state index contributed by atoms with van der Waals surface area (Å²) in [4.78, 5) is 0. The molecule has 5 atom stereocenters. The van der Waals surface area contributed by atoms with Crippen molar-refractivity contribution in [3.05, 3.63) is 0 Å². The third-order valence-corrected chi connectivity index (χ3v) is 2.50. The fraction of sp³-hybridized carbons (Fsp3) is 1.00. The standard InChI is InChI=1S/C5H6BClO2/c6-5-2(7)1-3(8)4(1)9-5/h1-5,8H. The van der Waals surface area contributed by atoms with Gasteiger partial charge in [0.05, 0.1) is 17.6 Å². The van der Waals surface area contributed by atoms with Crippen LogP contribution in [-0.2, 0) is 4.74 Å². The molecule has 1 aliphatic carbocycles. The van der Waals surface area contributed by atoms with Crippen LogP contribution in [-0.4, -0.2) is 36.5 Å². The van der Waals surface area contributed by atoms with Gasteiger partial charge in [-0.1, -0.05) is 0 Å². The minimum atomic E-state index is -0.370. The van der Waals surface area contributed by atoms with E-state index in [1.807, 2.05) is 0 Å². The van der Waals surface area contributed by atoms with Crippen molar-refractivity contribution in [2.45, 2.75) is 23.6 Å². The largest absolute Gasteiger partial charge is 0.390 e. The van der Waals surface area contributed by atoms with Crippen molar-refractivity contribution in [1.82, 2.24) is 0 Å². The highest BCUT2D eigenvalue weighted by atomic mass is 35.5. The molecule has 0 spiro atoms. The van der Waals surface area contributed by atoms with Crippen LogP contribution in [0.15, 0.2) is 0 Å². The molecule has 0 aromatic heterocycles. The fourth-order valence-electron chi connectivity index (χ4n) is 1.31. The van der Waals surface area contributed by atoms with Gasteiger partial charge < -0.3 is 9.84 Å². The second-order valence-corrected chi connectivity index (χ2v) is 3.08. The van der Waals surface area contributed by atoms with E-state index in [2.05, 4.69) is 0 Å². The van der Waals surface area contributed by atoms with Crippen LogP contribution < -0.4 is 0 Å². The van der Waals surface area contributed by atoms with Crippen LogP contribution in [0.25, 0.3) is 0 Å². The number of fused-ring (bicyclic) bond motifs is 1. The van der Waals surface area contributed by atoms with Gasteiger partial charge in [-0.3, -0.25) is 0 Å². The van der Waals surface area contributed by atoms with E-state index in [1.54, 1.807) is 0 Å². The van der Waals surface area contributed by atoms with Gasteiger partial charge in [-0.2, -0.15) is 0 Å². The number of hydrogen-bond acceptors (Lipinski definition) is 2. The van der Waals surface area contributed by atoms with Crippen LogP contribution in [0.2, 0.25) is 0 Å². The molecule has 5 unspecified atom stereocenters. The van der Waals surface area contributed by atoms with Crippen LogP contribution in [0.1, 0.15) is 0 Å². The first-order valence-electron chi connectivity index (χ1n) is 2.95. The Morgan fingerprint density at radius 3 is 2.56 bits per heavy atom. The molecule has 9 heavy (non-hydrogen) atoms. The van der Waals surface area contributed by atoms with E-state index < -0.39 is 0 Å². The summed E-state index contributed by atoms with van der Waals surface area (Å²) in [6.07, 6.45) is -0.421. The number of aliphatic hydroxyl groups excluding tert-OH is 1. The van der Waals surface area contributed by atoms with Crippen LogP contribution in [0, 0.1) is 5.92 Å². The molecule has 0 bridgehead atoms. The lowest BCUT2D eigenvalue weighted by molar-refractivity contribution is 0.0746. The first-order valence-corrected chi connectivity index (χ1v) is 3.38. The first kappa shape index (κ1) is 6.02. The molecule has 4 heteroatoms. The van der Waals surface area contributed by atoms with Crippen molar-refractivity contribution in [2.24, 2.45) is 5.92 Å². The summed E-state index contributed by atoms with van der Waals surface area (Å²) in [7, 11) is 5.40. The van der Waals surface area contributed by atoms with E-state index >= 15 is 0 Å². The van der Waals surface area contributed by atoms with E-state index in [9.17, 15) is 0 Å². The summed E-state index contributed by atoms with van der Waals surface area (Å²) in [6, 6.07) is -0.370. The van der Waals surface area contributed by atoms with E-state index in [-0.39, 0.29) is 29.5 Å². The van der Waals surface area contributed by atoms with Crippen molar-refractivity contribution in [3.8, 4) is 0 Å². The number of hydrogen-bond donors (Lipinski definition) is 1. The molecule has 48 valence electrons. The summed E-state index contributed by atoms with van der Waals surface area (Å²) in [5.74, 6) is 0.0988. The van der Waals surface area contributed by atoms with Crippen molar-refractivity contribution in [1.29, 1.82) is 0 Å². The number of ether oxygens (including phenoxy) is 1. The summed E-state index contributed by atoms with van der Waals surface area (Å²) in [5, 5.41) is 8.78. The monoisotopic (exact) mass is 144 g/mol. The highest BCUT2D eigenvalue weighted by molar-refractivity contribution is 6.27. The molecule has 1 saturated carbocycles. The lowest BCUT2D eigenvalue weighted by Crippen LogP contribution is -2.24. The Morgan fingerprint density at radius 2 is 2.22 bits per heavy atom. The fourth-order valence-corrected chi connectivity index (χ4v) is 1.66. The minimum Gasteiger partial charge on any atom is -0.390 e. The summed E-state index contributed by atoms with van der Waals surface area (Å²) in [6.45, 7) is 0. The SMILES string of the molecule is [B]C1OC2C(O)C2C1Cl. The Balaban J connectivity index is 2.07. The Hall–Kier alpha value is 0.275. The lowest BCUT2D eigenvalue weighted by Gasteiger charge is -2.11. The lowest BCUT2D eigenvalue weighted by atomic mass is 9.95. The molecule has 1 aliphatic heterocycles. The van der Waals surface area contributed by atoms with Crippen molar-refractivity contribution < 1.29 is 9.84 Å². The van der Waals surface area contributed by atoms with Gasteiger partial charge in [0.15, 0.2) is 0 Å². The average Bonchev–Trinajstić information content (AvgIpc) is 2.29. The number of alkyl halides is 1. The van der Waals surface area contributed by atoms with Crippen LogP contribution in [0.3, 0.4) is 0 Å². The maximum absolute atomic E-state index is 8.97. The van der Waals surface area contributed by atoms with Gasteiger partial charge in [-0.25, -0.2) is 0 Å². The van der Waals surface area contributed by atoms with Crippen molar-refractivity contribution in [2.75, 3.05) is 0 Å². The average molecular weight is 144 g/mol. The molecule has 2 aliphatic rings. The zero-order chi connectivity index (χ0) is 6.59. The first-order chi connectivity index (χ1) is 4.22. The van der Waals surface area contributed by atoms with Crippen molar-refractivity contribution in [3.63, 3.8) is 0 Å². The van der Waals surface area contributed by atoms with Crippen LogP contribution >= 0.6 is 11.6 Å². The second kappa shape index (κ2) is 1.65. The predicted molar refractivity (Wildman–Crippen MR) is 33.6 cm³/mol. The zero-order valence-electron chi connectivity index (χ0n) is 4.70. The molecule has 0 amide bonds. The zero-order valence-corrected chi connectivity index (χ0v) is 5.45. The Bertz CT molecular complexity index is 143. The maximum Gasteiger partial charge on any atom is 0.111 e. The molecule has 1 saturated heterocycles. The van der Waals surface area contributed by atoms with Crippen LogP contribution in [0.5, 0.6) is 0 Å². The number of aliphatic hydroxyl groups is 1. The van der Waals surface area contributed by atoms with Gasteiger partial charge in [0.2, 0.25) is 0 Å². The molecule has 1 heterocycles. The predicted octanol–water partition coefficient (Wildman–Crippen LogP) is -0.522. The van der Waals surface area contributed by atoms with Gasteiger partial charge in [0.1, 0.15) is 7.85 Å². The third-order valence-electron chi connectivity index (χ3n) is 1.97. The molecular formula is C5H6BClO2. The molecule has 1 N–H and O–H groups in total. The highest BCUT2D eigenvalue weighted by Gasteiger charge is 2.61. The Kier molecular flexibility index (Phi) is 1.11. The molecule has 2 rings (SSSR count). The molecular weight excluding hydrogens is 138 g/mol. The maximum atomic E-state index is 8.97. The van der Waals surface area contributed by atoms with Crippen LogP contribution in [0.4, 0.5) is 0 Å². The molecule has 2 nitrogen and oxygen atoms in total. The smallest absolute Gasteiger partial charge is 0.111 e. The summed E-state index contributed by atoms with van der Waals surface area (Å²) < 4.78 is 5.06. The molecule has 0 aromatic carbocycles. The molecule has 0 aromatic rings. The topological polar surface area (TPSA) is 29.5 Å². The third kappa shape index (κ3) is 0.657. The van der Waals surface area contributed by atoms with E-state index in [0.29, 0.717) is 0 Å². The van der Waals surface area contributed by atoms with E-state index in [0.717, 1.165) is 0 Å². The Labute approximate surface area is 59.6 Å². The van der Waals surface area contributed by atoms with Gasteiger partial charge in [-0.15, -0.1) is 11.6 Å². The molecule has 2 fully saturated rings. The quantitative estimate of drug-likeness (QED) is 0.366. The van der Waals surface area contributed by atoms with Gasteiger partial charge >= 0.3 is 0 Å². The summed E-state index contributed by atoms with van der Waals surface area (Å²) >= 11 is 5.74. The minimum absolute atomic E-state index is 0.0671. The van der Waals surface area contributed by atoms with Crippen molar-refractivity contribution >= 4 is 19.4 Å². The van der Waals surface area contributed by atoms with Gasteiger partial charge in [-0.05, 0) is 0 Å². The highest BCUT2D eigenvalue weighted by Crippen LogP contribution is 2.47.